The van der Waals surface area contributed by atoms with Crippen molar-refractivity contribution in [3.63, 3.8) is 0 Å². The predicted octanol–water partition coefficient (Wildman–Crippen LogP) is 6.70. The lowest BCUT2D eigenvalue weighted by atomic mass is 9.64. The Kier molecular flexibility index (Phi) is 5.89. The number of hydrogen-bond acceptors (Lipinski definition) is 2. The highest BCUT2D eigenvalue weighted by atomic mass is 16.7. The van der Waals surface area contributed by atoms with Crippen molar-refractivity contribution in [1.82, 2.24) is 0 Å². The first kappa shape index (κ1) is 19.7. The normalized spacial score (nSPS) is 27.8. The highest BCUT2D eigenvalue weighted by Gasteiger charge is 2.64. The second kappa shape index (κ2) is 8.39. The summed E-state index contributed by atoms with van der Waals surface area (Å²) in [4.78, 5) is 0. The number of rotatable bonds is 8. The topological polar surface area (TPSA) is 18.5 Å². The molecule has 1 saturated heterocycles. The van der Waals surface area contributed by atoms with Gasteiger partial charge in [0.05, 0.1) is 12.7 Å². The molecular weight excluding hydrogens is 344 g/mol. The van der Waals surface area contributed by atoms with Gasteiger partial charge in [-0.1, -0.05) is 80.4 Å². The Balaban J connectivity index is 1.75. The molecule has 2 aromatic carbocycles. The van der Waals surface area contributed by atoms with Crippen LogP contribution in [0.2, 0.25) is 0 Å². The first-order valence-electron chi connectivity index (χ1n) is 11.1. The van der Waals surface area contributed by atoms with Crippen LogP contribution in [-0.2, 0) is 9.47 Å². The Morgan fingerprint density at radius 1 is 0.929 bits per heavy atom. The van der Waals surface area contributed by atoms with Crippen LogP contribution in [0, 0.1) is 5.41 Å². The van der Waals surface area contributed by atoms with E-state index < -0.39 is 5.79 Å². The van der Waals surface area contributed by atoms with E-state index >= 15 is 0 Å². The molecule has 1 heterocycles. The molecule has 0 radical (unpaired) electrons. The van der Waals surface area contributed by atoms with Gasteiger partial charge in [0.2, 0.25) is 0 Å². The molecule has 3 atom stereocenters. The molecule has 2 aromatic rings. The summed E-state index contributed by atoms with van der Waals surface area (Å²) in [5.41, 5.74) is 2.78. The maximum absolute atomic E-state index is 6.83. The molecule has 2 nitrogen and oxygen atoms in total. The third kappa shape index (κ3) is 3.42. The lowest BCUT2D eigenvalue weighted by Crippen LogP contribution is -2.48. The molecule has 1 aliphatic heterocycles. The largest absolute Gasteiger partial charge is 0.349 e. The third-order valence-corrected chi connectivity index (χ3v) is 6.94. The molecule has 150 valence electrons. The lowest BCUT2D eigenvalue weighted by Gasteiger charge is -2.46. The second-order valence-corrected chi connectivity index (χ2v) is 8.69. The minimum atomic E-state index is -0.448. The van der Waals surface area contributed by atoms with Crippen molar-refractivity contribution >= 4 is 0 Å². The second-order valence-electron chi connectivity index (χ2n) is 8.69. The Bertz CT molecular complexity index is 690. The van der Waals surface area contributed by atoms with Crippen molar-refractivity contribution < 1.29 is 9.47 Å². The minimum Gasteiger partial charge on any atom is -0.349 e. The van der Waals surface area contributed by atoms with Crippen LogP contribution < -0.4 is 0 Å². The fourth-order valence-electron chi connectivity index (χ4n) is 5.72. The van der Waals surface area contributed by atoms with Crippen molar-refractivity contribution in [2.75, 3.05) is 6.61 Å². The third-order valence-electron chi connectivity index (χ3n) is 6.94. The van der Waals surface area contributed by atoms with Gasteiger partial charge in [0.1, 0.15) is 0 Å². The molecule has 0 N–H and O–H groups in total. The number of fused-ring (bicyclic) bond motifs is 1. The van der Waals surface area contributed by atoms with Crippen LogP contribution in [0.25, 0.3) is 0 Å². The van der Waals surface area contributed by atoms with Gasteiger partial charge in [-0.2, -0.15) is 0 Å². The summed E-state index contributed by atoms with van der Waals surface area (Å²) in [5, 5.41) is 0. The Labute approximate surface area is 170 Å². The van der Waals surface area contributed by atoms with E-state index in [1.165, 1.54) is 36.8 Å². The van der Waals surface area contributed by atoms with E-state index in [-0.39, 0.29) is 11.5 Å². The maximum Gasteiger partial charge on any atom is 0.175 e. The van der Waals surface area contributed by atoms with Gasteiger partial charge in [0.15, 0.2) is 5.79 Å². The number of ether oxygens (including phenoxy) is 2. The van der Waals surface area contributed by atoms with Crippen LogP contribution in [0.5, 0.6) is 0 Å². The molecule has 4 rings (SSSR count). The maximum atomic E-state index is 6.83. The summed E-state index contributed by atoms with van der Waals surface area (Å²) < 4.78 is 13.4. The molecule has 28 heavy (non-hydrogen) atoms. The van der Waals surface area contributed by atoms with E-state index in [1.807, 2.05) is 0 Å². The highest BCUT2D eigenvalue weighted by Crippen LogP contribution is 2.64. The molecule has 1 saturated carbocycles. The van der Waals surface area contributed by atoms with E-state index in [1.54, 1.807) is 0 Å². The van der Waals surface area contributed by atoms with Gasteiger partial charge in [-0.15, -0.1) is 0 Å². The van der Waals surface area contributed by atoms with Gasteiger partial charge < -0.3 is 9.47 Å². The summed E-state index contributed by atoms with van der Waals surface area (Å²) >= 11 is 0. The molecular formula is C26H34O2. The first-order chi connectivity index (χ1) is 13.7. The summed E-state index contributed by atoms with van der Waals surface area (Å²) in [7, 11) is 0. The predicted molar refractivity (Wildman–Crippen MR) is 114 cm³/mol. The molecule has 0 aromatic heterocycles. The molecule has 2 heteroatoms. The molecule has 0 spiro atoms. The van der Waals surface area contributed by atoms with Crippen molar-refractivity contribution in [3.05, 3.63) is 71.8 Å². The van der Waals surface area contributed by atoms with E-state index in [0.717, 1.165) is 25.9 Å². The zero-order valence-electron chi connectivity index (χ0n) is 17.4. The zero-order chi connectivity index (χ0) is 19.5. The van der Waals surface area contributed by atoms with Crippen molar-refractivity contribution in [1.29, 1.82) is 0 Å². The van der Waals surface area contributed by atoms with E-state index in [0.29, 0.717) is 5.92 Å². The van der Waals surface area contributed by atoms with Gasteiger partial charge in [-0.05, 0) is 43.7 Å². The Hall–Kier alpha value is -1.64. The van der Waals surface area contributed by atoms with Crippen LogP contribution in [0.1, 0.15) is 75.8 Å². The van der Waals surface area contributed by atoms with E-state index in [9.17, 15) is 0 Å². The Morgan fingerprint density at radius 3 is 2.18 bits per heavy atom. The fraction of sp³-hybridized carbons (Fsp3) is 0.538. The minimum absolute atomic E-state index is 0.0101. The molecule has 0 bridgehead atoms. The summed E-state index contributed by atoms with van der Waals surface area (Å²) in [6.45, 7) is 5.28. The number of hydrogen-bond donors (Lipinski definition) is 0. The average molecular weight is 379 g/mol. The van der Waals surface area contributed by atoms with Crippen LogP contribution >= 0.6 is 0 Å². The van der Waals surface area contributed by atoms with Gasteiger partial charge in [-0.3, -0.25) is 0 Å². The van der Waals surface area contributed by atoms with Gasteiger partial charge in [0, 0.05) is 17.8 Å². The van der Waals surface area contributed by atoms with Gasteiger partial charge >= 0.3 is 0 Å². The van der Waals surface area contributed by atoms with Crippen LogP contribution in [0.15, 0.2) is 60.7 Å². The van der Waals surface area contributed by atoms with Gasteiger partial charge in [-0.25, -0.2) is 0 Å². The summed E-state index contributed by atoms with van der Waals surface area (Å²) in [5.74, 6) is -0.144. The number of unbranched alkanes of at least 4 members (excludes halogenated alkanes) is 1. The van der Waals surface area contributed by atoms with E-state index in [4.69, 9.17) is 9.47 Å². The quantitative estimate of drug-likeness (QED) is 0.509. The van der Waals surface area contributed by atoms with Crippen LogP contribution in [0.4, 0.5) is 0 Å². The SMILES string of the molecule is CCCC[C@H](C)O[C@@]12CCC[C@]1(C(c1ccccc1)c1ccccc1)CCO2. The summed E-state index contributed by atoms with van der Waals surface area (Å²) in [6, 6.07) is 22.0. The van der Waals surface area contributed by atoms with Crippen molar-refractivity contribution in [2.24, 2.45) is 5.41 Å². The standard InChI is InChI=1S/C26H34O2/c1-3-4-12-21(2)28-26-18-11-17-25(26,19-20-27-26)24(22-13-7-5-8-14-22)23-15-9-6-10-16-23/h5-10,13-16,21,24H,3-4,11-12,17-20H2,1-2H3/t21-,25+,26-/m0/s1. The zero-order valence-corrected chi connectivity index (χ0v) is 17.4. The van der Waals surface area contributed by atoms with Crippen LogP contribution in [-0.4, -0.2) is 18.5 Å². The monoisotopic (exact) mass is 378 g/mol. The molecule has 1 aliphatic carbocycles. The molecule has 2 fully saturated rings. The lowest BCUT2D eigenvalue weighted by molar-refractivity contribution is -0.269. The molecule has 2 aliphatic rings. The average Bonchev–Trinajstić information content (AvgIpc) is 3.23. The highest BCUT2D eigenvalue weighted by molar-refractivity contribution is 5.37. The molecule has 0 amide bonds. The Morgan fingerprint density at radius 2 is 1.57 bits per heavy atom. The number of benzene rings is 2. The van der Waals surface area contributed by atoms with Crippen LogP contribution in [0.3, 0.4) is 0 Å². The fourth-order valence-corrected chi connectivity index (χ4v) is 5.72. The smallest absolute Gasteiger partial charge is 0.175 e. The molecule has 0 unspecified atom stereocenters. The van der Waals surface area contributed by atoms with E-state index in [2.05, 4.69) is 74.5 Å². The van der Waals surface area contributed by atoms with Crippen molar-refractivity contribution in [3.8, 4) is 0 Å². The summed E-state index contributed by atoms with van der Waals surface area (Å²) in [6.07, 6.45) is 8.20. The van der Waals surface area contributed by atoms with Gasteiger partial charge in [0.25, 0.3) is 0 Å². The van der Waals surface area contributed by atoms with Crippen molar-refractivity contribution in [2.45, 2.75) is 76.6 Å². The first-order valence-corrected chi connectivity index (χ1v) is 11.1.